The van der Waals surface area contributed by atoms with Gasteiger partial charge in [-0.3, -0.25) is 9.59 Å². The second-order valence-corrected chi connectivity index (χ2v) is 6.51. The Morgan fingerprint density at radius 1 is 1.24 bits per heavy atom. The van der Waals surface area contributed by atoms with Gasteiger partial charge in [0.15, 0.2) is 0 Å². The van der Waals surface area contributed by atoms with Gasteiger partial charge in [0, 0.05) is 31.9 Å². The third kappa shape index (κ3) is 5.07. The molecule has 0 bridgehead atoms. The fourth-order valence-corrected chi connectivity index (χ4v) is 3.25. The van der Waals surface area contributed by atoms with Gasteiger partial charge < -0.3 is 20.3 Å². The van der Waals surface area contributed by atoms with Crippen molar-refractivity contribution in [2.24, 2.45) is 0 Å². The summed E-state index contributed by atoms with van der Waals surface area (Å²) in [7, 11) is 0. The van der Waals surface area contributed by atoms with Crippen LogP contribution in [0, 0.1) is 0 Å². The monoisotopic (exact) mass is 387 g/mol. The molecular weight excluding hydrogens is 365 g/mol. The minimum atomic E-state index is -0.507. The number of amides is 2. The van der Waals surface area contributed by atoms with Crippen molar-refractivity contribution in [3.8, 4) is 0 Å². The van der Waals surface area contributed by atoms with Gasteiger partial charge in [-0.05, 0) is 37.5 Å². The van der Waals surface area contributed by atoms with Crippen molar-refractivity contribution >= 4 is 41.5 Å². The van der Waals surface area contributed by atoms with Gasteiger partial charge in [-0.25, -0.2) is 0 Å². The zero-order valence-corrected chi connectivity index (χ0v) is 15.5. The van der Waals surface area contributed by atoms with Gasteiger partial charge >= 0.3 is 0 Å². The molecular formula is C17H23Cl2N3O3. The zero-order valence-electron chi connectivity index (χ0n) is 13.9. The van der Waals surface area contributed by atoms with Crippen molar-refractivity contribution in [3.63, 3.8) is 0 Å². The second kappa shape index (κ2) is 9.38. The maximum atomic E-state index is 12.5. The molecule has 1 unspecified atom stereocenters. The van der Waals surface area contributed by atoms with Gasteiger partial charge in [-0.2, -0.15) is 0 Å². The van der Waals surface area contributed by atoms with E-state index in [0.717, 1.165) is 32.5 Å². The van der Waals surface area contributed by atoms with Crippen molar-refractivity contribution in [1.29, 1.82) is 0 Å². The first-order chi connectivity index (χ1) is 11.6. The van der Waals surface area contributed by atoms with Crippen LogP contribution in [0.1, 0.15) is 29.6 Å². The smallest absolute Gasteiger partial charge is 0.255 e. The Bertz CT molecular complexity index is 615. The van der Waals surface area contributed by atoms with Crippen molar-refractivity contribution in [1.82, 2.24) is 10.2 Å². The average Bonchev–Trinajstić information content (AvgIpc) is 2.63. The number of halogens is 2. The maximum absolute atomic E-state index is 12.5. The molecule has 0 aliphatic carbocycles. The highest BCUT2D eigenvalue weighted by Gasteiger charge is 2.23. The van der Waals surface area contributed by atoms with E-state index in [4.69, 9.17) is 16.3 Å². The molecule has 3 rings (SSSR count). The highest BCUT2D eigenvalue weighted by atomic mass is 35.5. The summed E-state index contributed by atoms with van der Waals surface area (Å²) >= 11 is 6.27. The van der Waals surface area contributed by atoms with Crippen molar-refractivity contribution in [2.45, 2.75) is 25.4 Å². The molecule has 0 radical (unpaired) electrons. The number of carbonyl (C=O) groups is 2. The predicted octanol–water partition coefficient (Wildman–Crippen LogP) is 2.31. The highest BCUT2D eigenvalue weighted by molar-refractivity contribution is 6.34. The molecule has 1 aromatic rings. The molecule has 2 fully saturated rings. The van der Waals surface area contributed by atoms with E-state index in [1.165, 1.54) is 6.42 Å². The largest absolute Gasteiger partial charge is 0.366 e. The number of nitrogens with one attached hydrogen (secondary N) is 2. The van der Waals surface area contributed by atoms with E-state index >= 15 is 0 Å². The molecule has 0 aromatic heterocycles. The number of morpholine rings is 1. The third-order valence-electron chi connectivity index (χ3n) is 4.33. The molecule has 2 amide bonds. The molecule has 138 valence electrons. The van der Waals surface area contributed by atoms with Gasteiger partial charge in [-0.15, -0.1) is 12.4 Å². The average molecular weight is 388 g/mol. The van der Waals surface area contributed by atoms with Gasteiger partial charge in [-0.1, -0.05) is 11.6 Å². The number of benzene rings is 1. The van der Waals surface area contributed by atoms with Crippen LogP contribution in [0.15, 0.2) is 18.2 Å². The number of nitrogens with zero attached hydrogens (tertiary/aromatic N) is 1. The van der Waals surface area contributed by atoms with Crippen LogP contribution < -0.4 is 10.6 Å². The highest BCUT2D eigenvalue weighted by Crippen LogP contribution is 2.24. The number of likely N-dealkylation sites (tertiary alicyclic amines) is 1. The van der Waals surface area contributed by atoms with E-state index in [1.54, 1.807) is 18.2 Å². The van der Waals surface area contributed by atoms with Gasteiger partial charge in [0.05, 0.1) is 17.2 Å². The Kier molecular flexibility index (Phi) is 7.50. The summed E-state index contributed by atoms with van der Waals surface area (Å²) in [6, 6.07) is 5.00. The summed E-state index contributed by atoms with van der Waals surface area (Å²) in [5, 5.41) is 6.25. The van der Waals surface area contributed by atoms with Crippen LogP contribution in [0.3, 0.4) is 0 Å². The Labute approximate surface area is 158 Å². The molecule has 2 aliphatic heterocycles. The number of anilines is 1. The third-order valence-corrected chi connectivity index (χ3v) is 4.64. The van der Waals surface area contributed by atoms with Crippen molar-refractivity contribution in [3.05, 3.63) is 28.8 Å². The minimum absolute atomic E-state index is 0. The van der Waals surface area contributed by atoms with Crippen LogP contribution in [0.5, 0.6) is 0 Å². The number of ether oxygens (including phenoxy) is 1. The lowest BCUT2D eigenvalue weighted by molar-refractivity contribution is -0.128. The summed E-state index contributed by atoms with van der Waals surface area (Å²) in [6.45, 7) is 3.31. The lowest BCUT2D eigenvalue weighted by atomic mass is 10.1. The maximum Gasteiger partial charge on any atom is 0.255 e. The van der Waals surface area contributed by atoms with Crippen molar-refractivity contribution in [2.75, 3.05) is 38.1 Å². The van der Waals surface area contributed by atoms with Gasteiger partial charge in [0.2, 0.25) is 0 Å². The summed E-state index contributed by atoms with van der Waals surface area (Å²) in [4.78, 5) is 26.5. The normalized spacial score (nSPS) is 20.5. The van der Waals surface area contributed by atoms with E-state index in [9.17, 15) is 9.59 Å². The van der Waals surface area contributed by atoms with E-state index < -0.39 is 6.10 Å². The standard InChI is InChI=1S/C17H22ClN3O3.ClH/c18-14-10-12(20-16(22)15-11-19-6-9-24-15)4-5-13(14)17(23)21-7-2-1-3-8-21;/h4-5,10,15,19H,1-3,6-9,11H2,(H,20,22);1H. The molecule has 6 nitrogen and oxygen atoms in total. The molecule has 0 spiro atoms. The van der Waals surface area contributed by atoms with Crippen LogP contribution in [-0.4, -0.2) is 55.6 Å². The number of hydrogen-bond acceptors (Lipinski definition) is 4. The molecule has 1 aromatic carbocycles. The first-order valence-corrected chi connectivity index (χ1v) is 8.75. The van der Waals surface area contributed by atoms with Crippen molar-refractivity contribution < 1.29 is 14.3 Å². The fraction of sp³-hybridized carbons (Fsp3) is 0.529. The lowest BCUT2D eigenvalue weighted by Crippen LogP contribution is -2.45. The van der Waals surface area contributed by atoms with E-state index in [2.05, 4.69) is 10.6 Å². The fourth-order valence-electron chi connectivity index (χ4n) is 2.99. The summed E-state index contributed by atoms with van der Waals surface area (Å²) < 4.78 is 5.42. The molecule has 2 N–H and O–H groups in total. The van der Waals surface area contributed by atoms with Crippen LogP contribution in [0.25, 0.3) is 0 Å². The quantitative estimate of drug-likeness (QED) is 0.834. The number of piperidine rings is 1. The van der Waals surface area contributed by atoms with Gasteiger partial charge in [0.25, 0.3) is 11.8 Å². The van der Waals surface area contributed by atoms with Crippen LogP contribution in [0.4, 0.5) is 5.69 Å². The Hall–Kier alpha value is -1.34. The number of rotatable bonds is 3. The topological polar surface area (TPSA) is 70.7 Å². The second-order valence-electron chi connectivity index (χ2n) is 6.10. The Morgan fingerprint density at radius 2 is 2.00 bits per heavy atom. The van der Waals surface area contributed by atoms with E-state index in [-0.39, 0.29) is 24.2 Å². The molecule has 8 heteroatoms. The van der Waals surface area contributed by atoms with Crippen LogP contribution >= 0.6 is 24.0 Å². The molecule has 2 aliphatic rings. The molecule has 2 saturated heterocycles. The van der Waals surface area contributed by atoms with Crippen LogP contribution in [-0.2, 0) is 9.53 Å². The number of hydrogen-bond donors (Lipinski definition) is 2. The first kappa shape index (κ1) is 20.0. The van der Waals surface area contributed by atoms with E-state index in [0.29, 0.717) is 29.4 Å². The molecule has 1 atom stereocenters. The predicted molar refractivity (Wildman–Crippen MR) is 99.7 cm³/mol. The minimum Gasteiger partial charge on any atom is -0.366 e. The van der Waals surface area contributed by atoms with Crippen LogP contribution in [0.2, 0.25) is 5.02 Å². The zero-order chi connectivity index (χ0) is 16.9. The SMILES string of the molecule is Cl.O=C(Nc1ccc(C(=O)N2CCCCC2)c(Cl)c1)C1CNCCO1. The van der Waals surface area contributed by atoms with Gasteiger partial charge in [0.1, 0.15) is 6.10 Å². The Balaban J connectivity index is 0.00000225. The van der Waals surface area contributed by atoms with E-state index in [1.807, 2.05) is 4.90 Å². The lowest BCUT2D eigenvalue weighted by Gasteiger charge is -2.27. The number of carbonyl (C=O) groups excluding carboxylic acids is 2. The Morgan fingerprint density at radius 3 is 2.64 bits per heavy atom. The molecule has 2 heterocycles. The summed E-state index contributed by atoms with van der Waals surface area (Å²) in [5.74, 6) is -0.259. The summed E-state index contributed by atoms with van der Waals surface area (Å²) in [5.41, 5.74) is 1.04. The molecule has 25 heavy (non-hydrogen) atoms. The molecule has 0 saturated carbocycles. The summed E-state index contributed by atoms with van der Waals surface area (Å²) in [6.07, 6.45) is 2.73. The first-order valence-electron chi connectivity index (χ1n) is 8.37.